The summed E-state index contributed by atoms with van der Waals surface area (Å²) in [4.78, 5) is 29.6. The van der Waals surface area contributed by atoms with Crippen molar-refractivity contribution in [1.29, 1.82) is 0 Å². The monoisotopic (exact) mass is 446 g/mol. The Kier molecular flexibility index (Phi) is 5.08. The van der Waals surface area contributed by atoms with Crippen molar-refractivity contribution in [1.82, 2.24) is 18.7 Å². The Morgan fingerprint density at radius 3 is 2.43 bits per heavy atom. The lowest BCUT2D eigenvalue weighted by Crippen LogP contribution is -2.38. The first-order valence-corrected chi connectivity index (χ1v) is 11.4. The lowest BCUT2D eigenvalue weighted by Gasteiger charge is -2.06. The molecule has 1 aromatic carbocycles. The van der Waals surface area contributed by atoms with Gasteiger partial charge in [0.1, 0.15) is 0 Å². The fourth-order valence-corrected chi connectivity index (χ4v) is 5.22. The molecule has 8 nitrogen and oxygen atoms in total. The van der Waals surface area contributed by atoms with Gasteiger partial charge in [-0.1, -0.05) is 23.4 Å². The van der Waals surface area contributed by atoms with E-state index in [0.29, 0.717) is 10.6 Å². The normalized spacial score (nSPS) is 14.0. The first-order chi connectivity index (χ1) is 14.2. The van der Waals surface area contributed by atoms with Gasteiger partial charge in [0.2, 0.25) is 15.0 Å². The van der Waals surface area contributed by atoms with E-state index in [2.05, 4.69) is 16.8 Å². The summed E-state index contributed by atoms with van der Waals surface area (Å²) < 4.78 is 29.0. The second-order valence-electron chi connectivity index (χ2n) is 7.39. The van der Waals surface area contributed by atoms with E-state index in [1.54, 1.807) is 24.3 Å². The maximum Gasteiger partial charge on any atom is 0.333 e. The van der Waals surface area contributed by atoms with Crippen LogP contribution in [0.2, 0.25) is 5.02 Å². The number of rotatable bonds is 4. The molecule has 4 rings (SSSR count). The topological polar surface area (TPSA) is 96.0 Å². The van der Waals surface area contributed by atoms with Crippen LogP contribution in [-0.2, 0) is 30.5 Å². The van der Waals surface area contributed by atoms with Crippen molar-refractivity contribution in [2.45, 2.75) is 24.5 Å². The van der Waals surface area contributed by atoms with Crippen molar-refractivity contribution in [3.8, 4) is 11.8 Å². The number of hydrogen-bond donors (Lipinski definition) is 0. The summed E-state index contributed by atoms with van der Waals surface area (Å²) in [6.07, 6.45) is 1.74. The summed E-state index contributed by atoms with van der Waals surface area (Å²) in [6, 6.07) is 6.91. The van der Waals surface area contributed by atoms with E-state index in [0.717, 1.165) is 17.4 Å². The van der Waals surface area contributed by atoms with Crippen LogP contribution in [0.3, 0.4) is 0 Å². The molecule has 2 aromatic heterocycles. The lowest BCUT2D eigenvalue weighted by atomic mass is 10.2. The van der Waals surface area contributed by atoms with Gasteiger partial charge >= 0.3 is 5.69 Å². The van der Waals surface area contributed by atoms with Crippen LogP contribution < -0.4 is 11.2 Å². The molecule has 0 bridgehead atoms. The molecule has 10 heteroatoms. The predicted octanol–water partition coefficient (Wildman–Crippen LogP) is 1.32. The van der Waals surface area contributed by atoms with E-state index in [1.165, 1.54) is 23.2 Å². The quantitative estimate of drug-likeness (QED) is 0.563. The van der Waals surface area contributed by atoms with E-state index in [-0.39, 0.29) is 34.5 Å². The van der Waals surface area contributed by atoms with Gasteiger partial charge in [0, 0.05) is 24.7 Å². The minimum Gasteiger partial charge on any atom is -0.312 e. The zero-order valence-corrected chi connectivity index (χ0v) is 18.0. The summed E-state index contributed by atoms with van der Waals surface area (Å²) in [7, 11) is -0.854. The average Bonchev–Trinajstić information content (AvgIpc) is 3.43. The van der Waals surface area contributed by atoms with Gasteiger partial charge in [-0.05, 0) is 43.0 Å². The van der Waals surface area contributed by atoms with Crippen LogP contribution in [0.4, 0.5) is 0 Å². The zero-order valence-electron chi connectivity index (χ0n) is 16.4. The number of aryl methyl sites for hydroxylation is 1. The molecule has 1 saturated carbocycles. The number of hydrogen-bond acceptors (Lipinski definition) is 5. The highest BCUT2D eigenvalue weighted by Gasteiger charge is 2.33. The highest BCUT2D eigenvalue weighted by atomic mass is 35.5. The molecule has 0 atom stereocenters. The van der Waals surface area contributed by atoms with Crippen LogP contribution in [0.5, 0.6) is 0 Å². The number of nitrogens with zero attached hydrogens (tertiary/aromatic N) is 4. The van der Waals surface area contributed by atoms with E-state index in [4.69, 9.17) is 11.6 Å². The number of benzene rings is 1. The standard InChI is InChI=1S/C20H19ClN4O4S/c1-23-16-17(22-19(23)30(28,29)12-14-5-6-14)25(20(27)24(2)18(16)26)11-3-4-13-7-9-15(21)10-8-13/h7-10,14H,5-6,11-12H2,1-2H3. The third kappa shape index (κ3) is 3.68. The van der Waals surface area contributed by atoms with Gasteiger partial charge in [0.05, 0.1) is 12.3 Å². The molecular formula is C20H19ClN4O4S. The largest absolute Gasteiger partial charge is 0.333 e. The Hall–Kier alpha value is -2.83. The summed E-state index contributed by atoms with van der Waals surface area (Å²) >= 11 is 5.86. The van der Waals surface area contributed by atoms with Crippen molar-refractivity contribution in [2.75, 3.05) is 5.75 Å². The van der Waals surface area contributed by atoms with Gasteiger partial charge < -0.3 is 4.57 Å². The molecule has 0 unspecified atom stereocenters. The number of imidazole rings is 1. The predicted molar refractivity (Wildman–Crippen MR) is 113 cm³/mol. The first kappa shape index (κ1) is 20.4. The van der Waals surface area contributed by atoms with Crippen molar-refractivity contribution in [3.05, 3.63) is 55.7 Å². The molecule has 0 saturated heterocycles. The fourth-order valence-electron chi connectivity index (χ4n) is 3.25. The minimum absolute atomic E-state index is 0.00885. The summed E-state index contributed by atoms with van der Waals surface area (Å²) in [5, 5.41) is 0.386. The number of fused-ring (bicyclic) bond motifs is 1. The number of sulfone groups is 1. The third-order valence-corrected chi connectivity index (χ3v) is 7.14. The van der Waals surface area contributed by atoms with Crippen LogP contribution in [0.25, 0.3) is 11.2 Å². The van der Waals surface area contributed by atoms with Crippen molar-refractivity contribution < 1.29 is 8.42 Å². The zero-order chi connectivity index (χ0) is 21.6. The van der Waals surface area contributed by atoms with E-state index in [9.17, 15) is 18.0 Å². The van der Waals surface area contributed by atoms with Crippen LogP contribution in [0.1, 0.15) is 18.4 Å². The van der Waals surface area contributed by atoms with Gasteiger partial charge in [-0.2, -0.15) is 4.98 Å². The van der Waals surface area contributed by atoms with E-state index in [1.807, 2.05) is 0 Å². The number of halogens is 1. The third-order valence-electron chi connectivity index (χ3n) is 5.06. The molecule has 30 heavy (non-hydrogen) atoms. The molecular weight excluding hydrogens is 428 g/mol. The number of aromatic nitrogens is 4. The Morgan fingerprint density at radius 1 is 1.13 bits per heavy atom. The molecule has 0 N–H and O–H groups in total. The van der Waals surface area contributed by atoms with Crippen LogP contribution >= 0.6 is 11.6 Å². The Labute approximate surface area is 177 Å². The smallest absolute Gasteiger partial charge is 0.312 e. The van der Waals surface area contributed by atoms with Crippen LogP contribution in [-0.4, -0.2) is 32.9 Å². The molecule has 3 aromatic rings. The van der Waals surface area contributed by atoms with E-state index < -0.39 is 21.1 Å². The van der Waals surface area contributed by atoms with Crippen molar-refractivity contribution in [3.63, 3.8) is 0 Å². The molecule has 2 heterocycles. The van der Waals surface area contributed by atoms with Crippen LogP contribution in [0.15, 0.2) is 39.0 Å². The van der Waals surface area contributed by atoms with Crippen molar-refractivity contribution in [2.24, 2.45) is 20.0 Å². The summed E-state index contributed by atoms with van der Waals surface area (Å²) in [5.74, 6) is 5.93. The lowest BCUT2D eigenvalue weighted by molar-refractivity contribution is 0.576. The molecule has 1 fully saturated rings. The highest BCUT2D eigenvalue weighted by Crippen LogP contribution is 2.32. The fraction of sp³-hybridized carbons (Fsp3) is 0.350. The Balaban J connectivity index is 1.83. The molecule has 1 aliphatic carbocycles. The maximum atomic E-state index is 12.8. The molecule has 0 spiro atoms. The van der Waals surface area contributed by atoms with Gasteiger partial charge in [0.15, 0.2) is 11.2 Å². The van der Waals surface area contributed by atoms with Gasteiger partial charge in [0.25, 0.3) is 5.56 Å². The Bertz CT molecular complexity index is 1430. The van der Waals surface area contributed by atoms with Crippen LogP contribution in [0, 0.1) is 17.8 Å². The summed E-state index contributed by atoms with van der Waals surface area (Å²) in [5.41, 5.74) is -0.422. The second kappa shape index (κ2) is 7.45. The second-order valence-corrected chi connectivity index (χ2v) is 9.76. The first-order valence-electron chi connectivity index (χ1n) is 9.32. The maximum absolute atomic E-state index is 12.8. The Morgan fingerprint density at radius 2 is 1.80 bits per heavy atom. The SMILES string of the molecule is Cn1c(=O)c2c(nc(S(=O)(=O)CC3CC3)n2C)n(CC#Cc2ccc(Cl)cc2)c1=O. The highest BCUT2D eigenvalue weighted by molar-refractivity contribution is 7.91. The summed E-state index contributed by atoms with van der Waals surface area (Å²) in [6.45, 7) is -0.0504. The minimum atomic E-state index is -3.68. The molecule has 0 aliphatic heterocycles. The molecule has 156 valence electrons. The van der Waals surface area contributed by atoms with Gasteiger partial charge in [-0.3, -0.25) is 13.9 Å². The van der Waals surface area contributed by atoms with Gasteiger partial charge in [-0.15, -0.1) is 0 Å². The molecule has 1 aliphatic rings. The average molecular weight is 447 g/mol. The van der Waals surface area contributed by atoms with Gasteiger partial charge in [-0.25, -0.2) is 13.2 Å². The molecule has 0 amide bonds. The van der Waals surface area contributed by atoms with Crippen molar-refractivity contribution >= 4 is 32.6 Å². The van der Waals surface area contributed by atoms with E-state index >= 15 is 0 Å². The molecule has 0 radical (unpaired) electrons.